The molecule has 32 heavy (non-hydrogen) atoms. The number of hydrogen-bond donors (Lipinski definition) is 2. The maximum absolute atomic E-state index is 10.8. The predicted octanol–water partition coefficient (Wildman–Crippen LogP) is 2.81. The second kappa shape index (κ2) is 9.52. The molecule has 1 aliphatic heterocycles. The number of aromatic nitrogens is 3. The summed E-state index contributed by atoms with van der Waals surface area (Å²) in [6, 6.07) is 17.2. The Morgan fingerprint density at radius 2 is 1.88 bits per heavy atom. The molecule has 0 bridgehead atoms. The van der Waals surface area contributed by atoms with Crippen LogP contribution in [0.3, 0.4) is 0 Å². The van der Waals surface area contributed by atoms with Crippen LogP contribution in [0.2, 0.25) is 0 Å². The normalized spacial score (nSPS) is 19.5. The molecule has 2 aliphatic rings. The summed E-state index contributed by atoms with van der Waals surface area (Å²) in [5, 5.41) is 8.92. The van der Waals surface area contributed by atoms with Gasteiger partial charge in [0.15, 0.2) is 0 Å². The fourth-order valence-electron chi connectivity index (χ4n) is 5.11. The zero-order valence-electron chi connectivity index (χ0n) is 18.1. The van der Waals surface area contributed by atoms with Gasteiger partial charge in [0.05, 0.1) is 17.9 Å². The van der Waals surface area contributed by atoms with Crippen molar-refractivity contribution in [3.8, 4) is 0 Å². The van der Waals surface area contributed by atoms with Crippen molar-refractivity contribution in [2.45, 2.75) is 50.7 Å². The van der Waals surface area contributed by atoms with Crippen LogP contribution >= 0.6 is 0 Å². The third kappa shape index (κ3) is 4.77. The maximum atomic E-state index is 10.8. The van der Waals surface area contributed by atoms with Crippen LogP contribution < -0.4 is 4.72 Å². The van der Waals surface area contributed by atoms with Gasteiger partial charge < -0.3 is 0 Å². The third-order valence-electron chi connectivity index (χ3n) is 6.79. The largest absolute Gasteiger partial charge is 0.297 e. The topological polar surface area (TPSA) is 80.1 Å². The highest BCUT2D eigenvalue weighted by molar-refractivity contribution is 7.70. The minimum Gasteiger partial charge on any atom is -0.297 e. The molecule has 168 valence electrons. The number of likely N-dealkylation sites (tertiary alicyclic amines) is 1. The summed E-state index contributed by atoms with van der Waals surface area (Å²) in [5.74, 6) is 0.512. The van der Waals surface area contributed by atoms with Crippen LogP contribution in [0.25, 0.3) is 0 Å². The number of benzene rings is 2. The predicted molar refractivity (Wildman–Crippen MR) is 124 cm³/mol. The SMILES string of the molecule is O=[SH](=O)NCc1cccc(C2CCN(Cc3cn(C4CCc5ccccc54)nn3)CC2)c1. The Labute approximate surface area is 190 Å². The van der Waals surface area contributed by atoms with Crippen molar-refractivity contribution in [2.75, 3.05) is 13.1 Å². The second-order valence-electron chi connectivity index (χ2n) is 8.83. The standard InChI is InChI=1S/C24H29N5O2S/c30-32(31)25-15-18-4-3-6-21(14-18)19-10-12-28(13-11-19)16-22-17-29(27-26-22)24-9-8-20-5-1-2-7-23(20)24/h1-7,14,17,19,24,32H,8-13,15-16H2,(H,25,30,31). The van der Waals surface area contributed by atoms with Crippen molar-refractivity contribution in [1.82, 2.24) is 24.6 Å². The van der Waals surface area contributed by atoms with E-state index in [1.54, 1.807) is 0 Å². The number of nitrogens with one attached hydrogen (secondary N) is 1. The third-order valence-corrected chi connectivity index (χ3v) is 7.20. The van der Waals surface area contributed by atoms with E-state index in [-0.39, 0.29) is 0 Å². The average molecular weight is 452 g/mol. The van der Waals surface area contributed by atoms with Crippen LogP contribution in [0, 0.1) is 0 Å². The number of rotatable bonds is 7. The van der Waals surface area contributed by atoms with E-state index in [1.165, 1.54) is 16.7 Å². The summed E-state index contributed by atoms with van der Waals surface area (Å²) in [6.45, 7) is 3.24. The molecule has 1 N–H and O–H groups in total. The molecular formula is C24H29N5O2S. The fourth-order valence-corrected chi connectivity index (χ4v) is 5.43. The van der Waals surface area contributed by atoms with Crippen LogP contribution in [-0.2, 0) is 30.4 Å². The smallest absolute Gasteiger partial charge is 0.201 e. The van der Waals surface area contributed by atoms with E-state index >= 15 is 0 Å². The summed E-state index contributed by atoms with van der Waals surface area (Å²) < 4.78 is 26.1. The Hall–Kier alpha value is -2.55. The average Bonchev–Trinajstić information content (AvgIpc) is 3.45. The summed E-state index contributed by atoms with van der Waals surface area (Å²) in [4.78, 5) is 2.46. The molecule has 0 saturated carbocycles. The highest BCUT2D eigenvalue weighted by atomic mass is 32.2. The van der Waals surface area contributed by atoms with Gasteiger partial charge in [-0.05, 0) is 66.9 Å². The van der Waals surface area contributed by atoms with Crippen molar-refractivity contribution in [3.05, 3.63) is 82.7 Å². The van der Waals surface area contributed by atoms with E-state index in [0.29, 0.717) is 18.5 Å². The number of piperidine rings is 1. The first-order valence-electron chi connectivity index (χ1n) is 11.3. The number of nitrogens with zero attached hydrogens (tertiary/aromatic N) is 4. The van der Waals surface area contributed by atoms with Gasteiger partial charge in [-0.25, -0.2) is 17.8 Å². The molecule has 0 spiro atoms. The van der Waals surface area contributed by atoms with Crippen LogP contribution in [-0.4, -0.2) is 41.4 Å². The van der Waals surface area contributed by atoms with Crippen LogP contribution in [0.15, 0.2) is 54.7 Å². The Morgan fingerprint density at radius 3 is 2.72 bits per heavy atom. The van der Waals surface area contributed by atoms with Crippen molar-refractivity contribution < 1.29 is 8.42 Å². The van der Waals surface area contributed by atoms with Crippen molar-refractivity contribution in [2.24, 2.45) is 0 Å². The van der Waals surface area contributed by atoms with E-state index in [2.05, 4.69) is 62.5 Å². The maximum Gasteiger partial charge on any atom is 0.201 e. The molecule has 2 aromatic carbocycles. The number of thiol groups is 1. The Bertz CT molecular complexity index is 1140. The molecule has 7 nitrogen and oxygen atoms in total. The van der Waals surface area contributed by atoms with Crippen LogP contribution in [0.1, 0.15) is 59.2 Å². The lowest BCUT2D eigenvalue weighted by Crippen LogP contribution is -2.32. The molecule has 1 fully saturated rings. The van der Waals surface area contributed by atoms with Gasteiger partial charge in [-0.15, -0.1) is 5.10 Å². The lowest BCUT2D eigenvalue weighted by molar-refractivity contribution is 0.202. The fraction of sp³-hybridized carbons (Fsp3) is 0.417. The molecule has 1 atom stereocenters. The van der Waals surface area contributed by atoms with E-state index in [1.807, 2.05) is 16.8 Å². The van der Waals surface area contributed by atoms with Gasteiger partial charge in [-0.3, -0.25) is 4.90 Å². The van der Waals surface area contributed by atoms with Gasteiger partial charge in [-0.2, -0.15) is 0 Å². The molecule has 8 heteroatoms. The summed E-state index contributed by atoms with van der Waals surface area (Å²) in [7, 11) is -2.56. The highest BCUT2D eigenvalue weighted by Crippen LogP contribution is 2.34. The first-order chi connectivity index (χ1) is 15.7. The van der Waals surface area contributed by atoms with Crippen LogP contribution in [0.4, 0.5) is 0 Å². The van der Waals surface area contributed by atoms with E-state index < -0.39 is 10.9 Å². The minimum absolute atomic E-state index is 0.305. The second-order valence-corrected chi connectivity index (χ2v) is 9.66. The Kier molecular flexibility index (Phi) is 6.34. The first kappa shape index (κ1) is 21.3. The lowest BCUT2D eigenvalue weighted by atomic mass is 9.88. The number of aryl methyl sites for hydroxylation is 1. The zero-order chi connectivity index (χ0) is 21.9. The molecule has 0 radical (unpaired) electrons. The van der Waals surface area contributed by atoms with Crippen LogP contribution in [0.5, 0.6) is 0 Å². The zero-order valence-corrected chi connectivity index (χ0v) is 19.0. The van der Waals surface area contributed by atoms with E-state index in [4.69, 9.17) is 0 Å². The van der Waals surface area contributed by atoms with E-state index in [0.717, 1.165) is 56.6 Å². The van der Waals surface area contributed by atoms with Crippen molar-refractivity contribution >= 4 is 10.9 Å². The summed E-state index contributed by atoms with van der Waals surface area (Å²) in [6.07, 6.45) is 6.51. The van der Waals surface area contributed by atoms with Gasteiger partial charge >= 0.3 is 0 Å². The molecule has 3 aromatic rings. The molecule has 1 aliphatic carbocycles. The number of fused-ring (bicyclic) bond motifs is 1. The first-order valence-corrected chi connectivity index (χ1v) is 12.5. The molecule has 1 saturated heterocycles. The van der Waals surface area contributed by atoms with Crippen molar-refractivity contribution in [1.29, 1.82) is 0 Å². The summed E-state index contributed by atoms with van der Waals surface area (Å²) in [5.41, 5.74) is 6.15. The monoisotopic (exact) mass is 451 g/mol. The molecule has 1 aromatic heterocycles. The summed E-state index contributed by atoms with van der Waals surface area (Å²) >= 11 is 0. The van der Waals surface area contributed by atoms with Gasteiger partial charge in [-0.1, -0.05) is 53.7 Å². The molecule has 1 unspecified atom stereocenters. The highest BCUT2D eigenvalue weighted by Gasteiger charge is 2.25. The lowest BCUT2D eigenvalue weighted by Gasteiger charge is -2.31. The Balaban J connectivity index is 1.17. The minimum atomic E-state index is -2.56. The molecule has 0 amide bonds. The van der Waals surface area contributed by atoms with Gasteiger partial charge in [0, 0.05) is 13.1 Å². The molecule has 2 heterocycles. The quantitative estimate of drug-likeness (QED) is 0.540. The Morgan fingerprint density at radius 1 is 1.03 bits per heavy atom. The van der Waals surface area contributed by atoms with Gasteiger partial charge in [0.1, 0.15) is 0 Å². The molecule has 5 rings (SSSR count). The van der Waals surface area contributed by atoms with Gasteiger partial charge in [0.25, 0.3) is 0 Å². The van der Waals surface area contributed by atoms with Gasteiger partial charge in [0.2, 0.25) is 10.9 Å². The van der Waals surface area contributed by atoms with Crippen molar-refractivity contribution in [3.63, 3.8) is 0 Å². The number of hydrogen-bond acceptors (Lipinski definition) is 5. The molecular weight excluding hydrogens is 422 g/mol. The van der Waals surface area contributed by atoms with E-state index in [9.17, 15) is 8.42 Å².